The molecule has 164 valence electrons. The maximum absolute atomic E-state index is 12.3. The number of nitrogens with one attached hydrogen (secondary N) is 2. The molecule has 0 fully saturated rings. The molecule has 0 spiro atoms. The van der Waals surface area contributed by atoms with Gasteiger partial charge in [-0.1, -0.05) is 0 Å². The molecule has 0 aromatic carbocycles. The van der Waals surface area contributed by atoms with Gasteiger partial charge >= 0.3 is 11.9 Å². The molecule has 0 unspecified atom stereocenters. The number of aromatic nitrogens is 4. The molecule has 0 bridgehead atoms. The molecule has 7 N–H and O–H groups in total. The number of rotatable bonds is 10. The molecule has 0 radical (unpaired) electrons. The standard InChI is InChI=1S/C18H20N6O6S/c19-18-23-13-12(14(27)24-18)8(6-20-13)2-1-3-9-7-21-16(31-9)15(28)22-10(17(29)30)4-5-11(25)26/h6-7,10H,1-5H2,(H,22,28)(H,25,26)(H,29,30)(H4,19,20,23,24,27)/t10-/m0/s1. The Kier molecular flexibility index (Phi) is 6.65. The lowest BCUT2D eigenvalue weighted by atomic mass is 10.1. The van der Waals surface area contributed by atoms with Crippen molar-refractivity contribution in [2.45, 2.75) is 38.1 Å². The van der Waals surface area contributed by atoms with Crippen LogP contribution in [0.2, 0.25) is 0 Å². The van der Waals surface area contributed by atoms with E-state index in [2.05, 4.69) is 25.3 Å². The number of anilines is 1. The van der Waals surface area contributed by atoms with Gasteiger partial charge in [0, 0.05) is 23.7 Å². The highest BCUT2D eigenvalue weighted by Gasteiger charge is 2.23. The summed E-state index contributed by atoms with van der Waals surface area (Å²) in [5.41, 5.74) is 6.80. The van der Waals surface area contributed by atoms with Crippen LogP contribution in [0.3, 0.4) is 0 Å². The number of hydrogen-bond donors (Lipinski definition) is 6. The molecule has 0 saturated heterocycles. The summed E-state index contributed by atoms with van der Waals surface area (Å²) in [5, 5.41) is 30.8. The predicted molar refractivity (Wildman–Crippen MR) is 110 cm³/mol. The maximum atomic E-state index is 12.3. The number of carboxylic acid groups (broad SMARTS) is 2. The van der Waals surface area contributed by atoms with Crippen LogP contribution in [0.4, 0.5) is 5.95 Å². The van der Waals surface area contributed by atoms with Crippen molar-refractivity contribution in [3.8, 4) is 5.88 Å². The molecule has 1 amide bonds. The monoisotopic (exact) mass is 448 g/mol. The van der Waals surface area contributed by atoms with Gasteiger partial charge in [-0.15, -0.1) is 11.3 Å². The van der Waals surface area contributed by atoms with Crippen LogP contribution in [0.25, 0.3) is 11.0 Å². The van der Waals surface area contributed by atoms with Crippen molar-refractivity contribution in [1.82, 2.24) is 25.3 Å². The zero-order valence-corrected chi connectivity index (χ0v) is 17.0. The van der Waals surface area contributed by atoms with E-state index >= 15 is 0 Å². The number of aromatic hydroxyl groups is 1. The van der Waals surface area contributed by atoms with E-state index in [0.717, 1.165) is 21.8 Å². The lowest BCUT2D eigenvalue weighted by molar-refractivity contribution is -0.140. The summed E-state index contributed by atoms with van der Waals surface area (Å²) in [6.07, 6.45) is 4.59. The van der Waals surface area contributed by atoms with Gasteiger partial charge in [-0.3, -0.25) is 9.59 Å². The average Bonchev–Trinajstić information content (AvgIpc) is 3.32. The summed E-state index contributed by atoms with van der Waals surface area (Å²) in [7, 11) is 0. The Labute approximate surface area is 179 Å². The van der Waals surface area contributed by atoms with Gasteiger partial charge in [-0.2, -0.15) is 9.97 Å². The van der Waals surface area contributed by atoms with Crippen LogP contribution >= 0.6 is 11.3 Å². The second-order valence-corrected chi connectivity index (χ2v) is 7.84. The molecule has 1 atom stereocenters. The zero-order chi connectivity index (χ0) is 22.5. The van der Waals surface area contributed by atoms with Crippen molar-refractivity contribution in [2.75, 3.05) is 5.73 Å². The van der Waals surface area contributed by atoms with E-state index in [1.165, 1.54) is 0 Å². The molecule has 3 heterocycles. The second kappa shape index (κ2) is 9.38. The average molecular weight is 448 g/mol. The van der Waals surface area contributed by atoms with Crippen molar-refractivity contribution in [1.29, 1.82) is 0 Å². The maximum Gasteiger partial charge on any atom is 0.326 e. The molecule has 3 aromatic heterocycles. The predicted octanol–water partition coefficient (Wildman–Crippen LogP) is 0.925. The first-order chi connectivity index (χ1) is 14.7. The molecule has 0 saturated carbocycles. The van der Waals surface area contributed by atoms with Crippen LogP contribution in [0.1, 0.15) is 39.5 Å². The van der Waals surface area contributed by atoms with E-state index in [0.29, 0.717) is 30.3 Å². The Bertz CT molecular complexity index is 1130. The molecular formula is C18H20N6O6S. The van der Waals surface area contributed by atoms with E-state index in [1.807, 2.05) is 0 Å². The van der Waals surface area contributed by atoms with Gasteiger partial charge < -0.3 is 31.4 Å². The number of nitrogens with zero attached hydrogens (tertiary/aromatic N) is 3. The fourth-order valence-electron chi connectivity index (χ4n) is 3.02. The minimum absolute atomic E-state index is 0.0260. The number of thiazole rings is 1. The summed E-state index contributed by atoms with van der Waals surface area (Å²) < 4.78 is 0. The number of aliphatic carboxylic acids is 2. The largest absolute Gasteiger partial charge is 0.493 e. The SMILES string of the molecule is Nc1nc(O)c2c(CCCc3cnc(C(=O)N[C@@H](CCC(=O)O)C(=O)O)s3)c[nH]c2n1. The molecule has 3 aromatic rings. The summed E-state index contributed by atoms with van der Waals surface area (Å²) in [5.74, 6) is -3.33. The summed E-state index contributed by atoms with van der Waals surface area (Å²) in [4.78, 5) is 49.7. The molecule has 13 heteroatoms. The van der Waals surface area contributed by atoms with Crippen LogP contribution in [0, 0.1) is 0 Å². The normalized spacial score (nSPS) is 12.0. The smallest absolute Gasteiger partial charge is 0.326 e. The minimum atomic E-state index is -1.31. The van der Waals surface area contributed by atoms with Gasteiger partial charge in [0.1, 0.15) is 11.7 Å². The molecule has 0 aliphatic carbocycles. The van der Waals surface area contributed by atoms with Gasteiger partial charge in [0.05, 0.1) is 5.39 Å². The number of H-pyrrole nitrogens is 1. The lowest BCUT2D eigenvalue weighted by Gasteiger charge is -2.12. The second-order valence-electron chi connectivity index (χ2n) is 6.72. The van der Waals surface area contributed by atoms with E-state index in [9.17, 15) is 19.5 Å². The number of aromatic amines is 1. The highest BCUT2D eigenvalue weighted by Crippen LogP contribution is 2.27. The number of nitrogen functional groups attached to an aromatic ring is 1. The number of carbonyl (C=O) groups is 3. The number of nitrogens with two attached hydrogens (primary N) is 1. The first-order valence-corrected chi connectivity index (χ1v) is 10.1. The van der Waals surface area contributed by atoms with Crippen molar-refractivity contribution < 1.29 is 29.7 Å². The molecule has 0 aliphatic heterocycles. The van der Waals surface area contributed by atoms with Gasteiger partial charge in [0.15, 0.2) is 5.01 Å². The van der Waals surface area contributed by atoms with Crippen LogP contribution < -0.4 is 11.1 Å². The molecule has 3 rings (SSSR count). The van der Waals surface area contributed by atoms with Gasteiger partial charge in [-0.25, -0.2) is 9.78 Å². The van der Waals surface area contributed by atoms with Crippen molar-refractivity contribution >= 4 is 46.2 Å². The molecular weight excluding hydrogens is 428 g/mol. The Morgan fingerprint density at radius 2 is 2.00 bits per heavy atom. The summed E-state index contributed by atoms with van der Waals surface area (Å²) in [6.45, 7) is 0. The number of carboxylic acids is 2. The third-order valence-electron chi connectivity index (χ3n) is 4.48. The van der Waals surface area contributed by atoms with Gasteiger partial charge in [0.25, 0.3) is 5.91 Å². The first kappa shape index (κ1) is 22.0. The Morgan fingerprint density at radius 3 is 2.71 bits per heavy atom. The fourth-order valence-corrected chi connectivity index (χ4v) is 3.87. The van der Waals surface area contributed by atoms with Crippen LogP contribution in [-0.4, -0.2) is 59.1 Å². The lowest BCUT2D eigenvalue weighted by Crippen LogP contribution is -2.41. The molecule has 12 nitrogen and oxygen atoms in total. The summed E-state index contributed by atoms with van der Waals surface area (Å²) >= 11 is 1.13. The fraction of sp³-hybridized carbons (Fsp3) is 0.333. The van der Waals surface area contributed by atoms with E-state index < -0.39 is 23.9 Å². The van der Waals surface area contributed by atoms with E-state index in [1.54, 1.807) is 12.4 Å². The van der Waals surface area contributed by atoms with Crippen LogP contribution in [-0.2, 0) is 22.4 Å². The number of carbonyl (C=O) groups excluding carboxylic acids is 1. The minimum Gasteiger partial charge on any atom is -0.493 e. The molecule has 31 heavy (non-hydrogen) atoms. The number of amides is 1. The van der Waals surface area contributed by atoms with Crippen LogP contribution in [0.15, 0.2) is 12.4 Å². The topological polar surface area (TPSA) is 204 Å². The molecule has 0 aliphatic rings. The highest BCUT2D eigenvalue weighted by atomic mass is 32.1. The Hall–Kier alpha value is -3.74. The van der Waals surface area contributed by atoms with Crippen molar-refractivity contribution in [2.24, 2.45) is 0 Å². The number of hydrogen-bond acceptors (Lipinski definition) is 9. The third kappa shape index (κ3) is 5.45. The van der Waals surface area contributed by atoms with Crippen LogP contribution in [0.5, 0.6) is 5.88 Å². The van der Waals surface area contributed by atoms with E-state index in [-0.39, 0.29) is 29.7 Å². The first-order valence-electron chi connectivity index (χ1n) is 9.27. The number of fused-ring (bicyclic) bond motifs is 1. The number of aryl methyl sites for hydroxylation is 2. The zero-order valence-electron chi connectivity index (χ0n) is 16.2. The van der Waals surface area contributed by atoms with Crippen molar-refractivity contribution in [3.63, 3.8) is 0 Å². The Morgan fingerprint density at radius 1 is 1.23 bits per heavy atom. The highest BCUT2D eigenvalue weighted by molar-refractivity contribution is 7.13. The quantitative estimate of drug-likeness (QED) is 0.259. The third-order valence-corrected chi connectivity index (χ3v) is 5.53. The van der Waals surface area contributed by atoms with Gasteiger partial charge in [-0.05, 0) is 31.2 Å². The van der Waals surface area contributed by atoms with Crippen molar-refractivity contribution in [3.05, 3.63) is 27.8 Å². The van der Waals surface area contributed by atoms with E-state index in [4.69, 9.17) is 15.9 Å². The Balaban J connectivity index is 1.57. The van der Waals surface area contributed by atoms with Gasteiger partial charge in [0.2, 0.25) is 11.8 Å². The summed E-state index contributed by atoms with van der Waals surface area (Å²) in [6, 6.07) is -1.30.